The molecule has 0 N–H and O–H groups in total. The monoisotopic (exact) mass is 580 g/mol. The zero-order valence-corrected chi connectivity index (χ0v) is 23.4. The van der Waals surface area contributed by atoms with Gasteiger partial charge in [0.2, 0.25) is 0 Å². The Labute approximate surface area is 203 Å². The van der Waals surface area contributed by atoms with Gasteiger partial charge in [0.25, 0.3) is 0 Å². The third-order valence-electron chi connectivity index (χ3n) is 6.34. The number of unbranched alkanes of at least 4 members (excludes halogenated alkanes) is 3. The SMILES string of the molecule is C=C(CCCCC/C=C\C=C/CC)[C@H](C)CCC1=CC2=C(CCCC2)CC1.CC.[W]. The first-order chi connectivity index (χ1) is 14.2. The predicted octanol–water partition coefficient (Wildman–Crippen LogP) is 10.0. The van der Waals surface area contributed by atoms with Crippen molar-refractivity contribution < 1.29 is 21.1 Å². The zero-order valence-electron chi connectivity index (χ0n) is 20.5. The molecule has 0 unspecified atom stereocenters. The summed E-state index contributed by atoms with van der Waals surface area (Å²) in [4.78, 5) is 0. The van der Waals surface area contributed by atoms with Gasteiger partial charge in [-0.2, -0.15) is 0 Å². The molecule has 0 radical (unpaired) electrons. The van der Waals surface area contributed by atoms with Gasteiger partial charge < -0.3 is 0 Å². The molecule has 0 saturated carbocycles. The van der Waals surface area contributed by atoms with Crippen LogP contribution in [0.4, 0.5) is 0 Å². The molecule has 0 amide bonds. The van der Waals surface area contributed by atoms with Crippen molar-refractivity contribution in [3.63, 3.8) is 0 Å². The molecule has 1 heteroatoms. The Morgan fingerprint density at radius 1 is 1.00 bits per heavy atom. The third kappa shape index (κ3) is 12.3. The minimum absolute atomic E-state index is 0. The average Bonchev–Trinajstić information content (AvgIpc) is 2.77. The van der Waals surface area contributed by atoms with Crippen LogP contribution in [0.5, 0.6) is 0 Å². The molecule has 0 nitrogen and oxygen atoms in total. The largest absolute Gasteiger partial charge is 0.0996 e. The van der Waals surface area contributed by atoms with Crippen molar-refractivity contribution in [3.05, 3.63) is 59.3 Å². The van der Waals surface area contributed by atoms with Crippen molar-refractivity contribution in [2.24, 2.45) is 5.92 Å². The van der Waals surface area contributed by atoms with Crippen LogP contribution in [0.25, 0.3) is 0 Å². The van der Waals surface area contributed by atoms with E-state index in [-0.39, 0.29) is 21.1 Å². The molecule has 0 bridgehead atoms. The van der Waals surface area contributed by atoms with E-state index in [0.29, 0.717) is 5.92 Å². The number of hydrogen-bond acceptors (Lipinski definition) is 0. The first-order valence-electron chi connectivity index (χ1n) is 12.6. The van der Waals surface area contributed by atoms with Gasteiger partial charge in [-0.3, -0.25) is 0 Å². The summed E-state index contributed by atoms with van der Waals surface area (Å²) in [5, 5.41) is 0. The first kappa shape index (κ1) is 29.4. The van der Waals surface area contributed by atoms with Crippen molar-refractivity contribution in [2.75, 3.05) is 0 Å². The van der Waals surface area contributed by atoms with Crippen LogP contribution in [0.15, 0.2) is 59.3 Å². The van der Waals surface area contributed by atoms with Gasteiger partial charge in [0, 0.05) is 21.1 Å². The van der Waals surface area contributed by atoms with Gasteiger partial charge in [-0.1, -0.05) is 87.8 Å². The standard InChI is InChI=1S/C27H42.C2H6.W/c1-4-5-6-7-8-9-10-11-12-15-23(2)24(3)18-19-25-20-21-26-16-13-14-17-27(26)22-25;1-2;/h5-8,22,24H,2,4,9-21H2,1,3H3;1-2H3;/b6-5-,8-7-;;/t24-;;/m1../s1. The van der Waals surface area contributed by atoms with E-state index in [4.69, 9.17) is 0 Å². The molecule has 1 atom stereocenters. The normalized spacial score (nSPS) is 17.1. The van der Waals surface area contributed by atoms with E-state index in [1.807, 2.05) is 13.8 Å². The summed E-state index contributed by atoms with van der Waals surface area (Å²) in [6.07, 6.45) is 29.7. The molecule has 2 rings (SSSR count). The molecule has 0 fully saturated rings. The Kier molecular flexibility index (Phi) is 18.7. The Hall–Kier alpha value is -0.612. The molecule has 0 aromatic carbocycles. The van der Waals surface area contributed by atoms with Crippen LogP contribution in [0.3, 0.4) is 0 Å². The zero-order chi connectivity index (χ0) is 21.3. The molecule has 30 heavy (non-hydrogen) atoms. The van der Waals surface area contributed by atoms with Crippen LogP contribution in [-0.2, 0) is 21.1 Å². The number of allylic oxidation sites excluding steroid dienone is 9. The molecular weight excluding hydrogens is 532 g/mol. The quantitative estimate of drug-likeness (QED) is 0.122. The molecule has 0 aliphatic heterocycles. The van der Waals surface area contributed by atoms with Crippen LogP contribution < -0.4 is 0 Å². The van der Waals surface area contributed by atoms with Crippen LogP contribution in [0.2, 0.25) is 0 Å². The van der Waals surface area contributed by atoms with Gasteiger partial charge in [-0.15, -0.1) is 0 Å². The van der Waals surface area contributed by atoms with E-state index >= 15 is 0 Å². The summed E-state index contributed by atoms with van der Waals surface area (Å²) in [5.41, 5.74) is 6.66. The van der Waals surface area contributed by atoms with Gasteiger partial charge >= 0.3 is 0 Å². The molecule has 0 spiro atoms. The van der Waals surface area contributed by atoms with Crippen molar-refractivity contribution in [1.82, 2.24) is 0 Å². The molecule has 170 valence electrons. The minimum atomic E-state index is 0. The second-order valence-corrected chi connectivity index (χ2v) is 8.60. The molecule has 0 heterocycles. The Bertz CT molecular complexity index is 573. The summed E-state index contributed by atoms with van der Waals surface area (Å²) in [6, 6.07) is 0. The Balaban J connectivity index is 0.00000272. The summed E-state index contributed by atoms with van der Waals surface area (Å²) in [5.74, 6) is 0.673. The van der Waals surface area contributed by atoms with E-state index in [1.165, 1.54) is 89.0 Å². The average molecular weight is 581 g/mol. The fourth-order valence-electron chi connectivity index (χ4n) is 4.31. The first-order valence-corrected chi connectivity index (χ1v) is 12.6. The summed E-state index contributed by atoms with van der Waals surface area (Å²) < 4.78 is 0. The van der Waals surface area contributed by atoms with Crippen molar-refractivity contribution in [1.29, 1.82) is 0 Å². The van der Waals surface area contributed by atoms with Crippen molar-refractivity contribution in [2.45, 2.75) is 118 Å². The van der Waals surface area contributed by atoms with Crippen LogP contribution in [0.1, 0.15) is 118 Å². The van der Waals surface area contributed by atoms with E-state index in [0.717, 1.165) is 6.42 Å². The Morgan fingerprint density at radius 3 is 2.50 bits per heavy atom. The second-order valence-electron chi connectivity index (χ2n) is 8.60. The molecule has 2 aliphatic rings. The Morgan fingerprint density at radius 2 is 1.73 bits per heavy atom. The van der Waals surface area contributed by atoms with E-state index in [9.17, 15) is 0 Å². The number of hydrogen-bond donors (Lipinski definition) is 0. The van der Waals surface area contributed by atoms with Gasteiger partial charge in [0.1, 0.15) is 0 Å². The maximum Gasteiger partial charge on any atom is 0 e. The van der Waals surface area contributed by atoms with Gasteiger partial charge in [-0.25, -0.2) is 0 Å². The third-order valence-corrected chi connectivity index (χ3v) is 6.34. The topological polar surface area (TPSA) is 0 Å². The van der Waals surface area contributed by atoms with E-state index in [2.05, 4.69) is 50.8 Å². The molecular formula is C29H48W. The maximum atomic E-state index is 4.40. The second kappa shape index (κ2) is 19.1. The van der Waals surface area contributed by atoms with Crippen molar-refractivity contribution >= 4 is 0 Å². The fourth-order valence-corrected chi connectivity index (χ4v) is 4.31. The van der Waals surface area contributed by atoms with Crippen LogP contribution in [0, 0.1) is 5.92 Å². The molecule has 0 aromatic heterocycles. The van der Waals surface area contributed by atoms with Gasteiger partial charge in [-0.05, 0) is 95.0 Å². The summed E-state index contributed by atoms with van der Waals surface area (Å²) in [6.45, 7) is 13.0. The van der Waals surface area contributed by atoms with Gasteiger partial charge in [0.05, 0.1) is 0 Å². The van der Waals surface area contributed by atoms with Gasteiger partial charge in [0.15, 0.2) is 0 Å². The van der Waals surface area contributed by atoms with Crippen LogP contribution in [-0.4, -0.2) is 0 Å². The van der Waals surface area contributed by atoms with Crippen LogP contribution >= 0.6 is 0 Å². The van der Waals surface area contributed by atoms with Crippen molar-refractivity contribution in [3.8, 4) is 0 Å². The smallest absolute Gasteiger partial charge is 0 e. The molecule has 0 saturated heterocycles. The predicted molar refractivity (Wildman–Crippen MR) is 133 cm³/mol. The molecule has 0 aromatic rings. The van der Waals surface area contributed by atoms with E-state index in [1.54, 1.807) is 16.7 Å². The molecule has 2 aliphatic carbocycles. The maximum absolute atomic E-state index is 4.40. The fraction of sp³-hybridized carbons (Fsp3) is 0.655. The van der Waals surface area contributed by atoms with E-state index < -0.39 is 0 Å². The number of rotatable bonds is 12. The summed E-state index contributed by atoms with van der Waals surface area (Å²) >= 11 is 0. The summed E-state index contributed by atoms with van der Waals surface area (Å²) in [7, 11) is 0. The minimum Gasteiger partial charge on any atom is -0.0996 e.